The van der Waals surface area contributed by atoms with E-state index in [-0.39, 0.29) is 19.3 Å². The molecule has 0 bridgehead atoms. The molecule has 2 heterocycles. The molecule has 0 unspecified atom stereocenters. The Kier molecular flexibility index (Phi) is 5.39. The smallest absolute Gasteiger partial charge is 0.147 e. The van der Waals surface area contributed by atoms with Gasteiger partial charge in [-0.1, -0.05) is 11.6 Å². The predicted molar refractivity (Wildman–Crippen MR) is 73.4 cm³/mol. The Morgan fingerprint density at radius 1 is 1.37 bits per heavy atom. The van der Waals surface area contributed by atoms with E-state index in [0.717, 1.165) is 37.3 Å². The highest BCUT2D eigenvalue weighted by Gasteiger charge is 2.22. The number of aliphatic hydroxyl groups excluding tert-OH is 2. The highest BCUT2D eigenvalue weighted by Crippen LogP contribution is 2.27. The van der Waals surface area contributed by atoms with Crippen LogP contribution in [0.1, 0.15) is 18.4 Å². The fourth-order valence-electron chi connectivity index (χ4n) is 2.24. The second-order valence-electron chi connectivity index (χ2n) is 4.59. The summed E-state index contributed by atoms with van der Waals surface area (Å²) in [5, 5.41) is 18.3. The van der Waals surface area contributed by atoms with E-state index in [0.29, 0.717) is 11.6 Å². The summed E-state index contributed by atoms with van der Waals surface area (Å²) < 4.78 is 5.52. The first-order valence-electron chi connectivity index (χ1n) is 6.47. The lowest BCUT2D eigenvalue weighted by atomic mass is 10.1. The van der Waals surface area contributed by atoms with Crippen LogP contribution in [0.4, 0.5) is 5.82 Å². The molecule has 0 spiro atoms. The molecular weight excluding hydrogens is 268 g/mol. The average Bonchev–Trinajstić information content (AvgIpc) is 2.45. The number of pyridine rings is 1. The second-order valence-corrected chi connectivity index (χ2v) is 5.00. The molecule has 106 valence electrons. The molecule has 19 heavy (non-hydrogen) atoms. The van der Waals surface area contributed by atoms with Crippen molar-refractivity contribution in [3.05, 3.63) is 22.8 Å². The molecule has 1 saturated heterocycles. The maximum Gasteiger partial charge on any atom is 0.147 e. The summed E-state index contributed by atoms with van der Waals surface area (Å²) in [4.78, 5) is 6.44. The van der Waals surface area contributed by atoms with E-state index in [1.807, 2.05) is 0 Å². The molecule has 0 amide bonds. The van der Waals surface area contributed by atoms with Crippen molar-refractivity contribution >= 4 is 17.4 Å². The summed E-state index contributed by atoms with van der Waals surface area (Å²) in [6, 6.07) is 1.75. The SMILES string of the molecule is OCCOC1CCN(c2ncc(CO)cc2Cl)CC1. The van der Waals surface area contributed by atoms with Gasteiger partial charge in [0.05, 0.1) is 30.9 Å². The number of halogens is 1. The van der Waals surface area contributed by atoms with Crippen LogP contribution in [-0.2, 0) is 11.3 Å². The van der Waals surface area contributed by atoms with E-state index in [9.17, 15) is 0 Å². The van der Waals surface area contributed by atoms with Crippen LogP contribution >= 0.6 is 11.6 Å². The van der Waals surface area contributed by atoms with Gasteiger partial charge >= 0.3 is 0 Å². The lowest BCUT2D eigenvalue weighted by molar-refractivity contribution is 0.0158. The third-order valence-corrected chi connectivity index (χ3v) is 3.53. The Balaban J connectivity index is 1.94. The number of aliphatic hydroxyl groups is 2. The number of hydrogen-bond acceptors (Lipinski definition) is 5. The van der Waals surface area contributed by atoms with Crippen molar-refractivity contribution in [3.8, 4) is 0 Å². The Morgan fingerprint density at radius 3 is 2.68 bits per heavy atom. The Morgan fingerprint density at radius 2 is 2.11 bits per heavy atom. The zero-order chi connectivity index (χ0) is 13.7. The lowest BCUT2D eigenvalue weighted by Crippen LogP contribution is -2.38. The van der Waals surface area contributed by atoms with Crippen LogP contribution in [0.2, 0.25) is 5.02 Å². The largest absolute Gasteiger partial charge is 0.394 e. The molecule has 0 saturated carbocycles. The summed E-state index contributed by atoms with van der Waals surface area (Å²) in [6.07, 6.45) is 3.66. The van der Waals surface area contributed by atoms with Crippen LogP contribution in [-0.4, -0.2) is 47.6 Å². The number of rotatable bonds is 5. The number of piperidine rings is 1. The zero-order valence-corrected chi connectivity index (χ0v) is 11.5. The molecule has 5 nitrogen and oxygen atoms in total. The average molecular weight is 287 g/mol. The van der Waals surface area contributed by atoms with Crippen molar-refractivity contribution in [2.45, 2.75) is 25.6 Å². The van der Waals surface area contributed by atoms with Gasteiger partial charge in [0, 0.05) is 19.3 Å². The Bertz CT molecular complexity index is 409. The third-order valence-electron chi connectivity index (χ3n) is 3.25. The minimum atomic E-state index is -0.0515. The summed E-state index contributed by atoms with van der Waals surface area (Å²) in [7, 11) is 0. The first kappa shape index (κ1) is 14.5. The minimum Gasteiger partial charge on any atom is -0.394 e. The molecule has 1 aromatic rings. The molecule has 6 heteroatoms. The molecule has 1 fully saturated rings. The summed E-state index contributed by atoms with van der Waals surface area (Å²) in [6.45, 7) is 2.08. The van der Waals surface area contributed by atoms with Crippen molar-refractivity contribution in [1.82, 2.24) is 4.98 Å². The third kappa shape index (κ3) is 3.79. The fraction of sp³-hybridized carbons (Fsp3) is 0.615. The van der Waals surface area contributed by atoms with Crippen LogP contribution in [0.3, 0.4) is 0 Å². The number of nitrogens with zero attached hydrogens (tertiary/aromatic N) is 2. The van der Waals surface area contributed by atoms with Crippen LogP contribution in [0.15, 0.2) is 12.3 Å². The molecule has 0 aromatic carbocycles. The van der Waals surface area contributed by atoms with E-state index in [4.69, 9.17) is 26.6 Å². The molecule has 1 aliphatic rings. The standard InChI is InChI=1S/C13H19ClN2O3/c14-12-7-10(9-18)8-15-13(12)16-3-1-11(2-4-16)19-6-5-17/h7-8,11,17-18H,1-6,9H2. The maximum absolute atomic E-state index is 9.03. The van der Waals surface area contributed by atoms with Gasteiger partial charge in [-0.25, -0.2) is 4.98 Å². The molecule has 0 aliphatic carbocycles. The van der Waals surface area contributed by atoms with E-state index < -0.39 is 0 Å². The van der Waals surface area contributed by atoms with Gasteiger partial charge in [0.25, 0.3) is 0 Å². The van der Waals surface area contributed by atoms with E-state index >= 15 is 0 Å². The summed E-state index contributed by atoms with van der Waals surface area (Å²) in [5.41, 5.74) is 0.718. The summed E-state index contributed by atoms with van der Waals surface area (Å²) in [5.74, 6) is 0.763. The topological polar surface area (TPSA) is 65.8 Å². The number of ether oxygens (including phenoxy) is 1. The molecular formula is C13H19ClN2O3. The van der Waals surface area contributed by atoms with Crippen molar-refractivity contribution in [1.29, 1.82) is 0 Å². The van der Waals surface area contributed by atoms with Gasteiger partial charge in [-0.3, -0.25) is 0 Å². The van der Waals surface area contributed by atoms with Gasteiger partial charge in [0.1, 0.15) is 5.82 Å². The van der Waals surface area contributed by atoms with Crippen LogP contribution < -0.4 is 4.90 Å². The molecule has 0 atom stereocenters. The van der Waals surface area contributed by atoms with Crippen LogP contribution in [0, 0.1) is 0 Å². The van der Waals surface area contributed by atoms with Crippen molar-refractivity contribution in [3.63, 3.8) is 0 Å². The highest BCUT2D eigenvalue weighted by molar-refractivity contribution is 6.33. The zero-order valence-electron chi connectivity index (χ0n) is 10.8. The fourth-order valence-corrected chi connectivity index (χ4v) is 2.55. The first-order chi connectivity index (χ1) is 9.24. The Hall–Kier alpha value is -0.880. The van der Waals surface area contributed by atoms with Crippen molar-refractivity contribution in [2.75, 3.05) is 31.2 Å². The Labute approximate surface area is 117 Å². The second kappa shape index (κ2) is 7.05. The van der Waals surface area contributed by atoms with Gasteiger partial charge in [0.2, 0.25) is 0 Å². The number of aromatic nitrogens is 1. The predicted octanol–water partition coefficient (Wildman–Crippen LogP) is 1.20. The quantitative estimate of drug-likeness (QED) is 0.852. The van der Waals surface area contributed by atoms with Crippen molar-refractivity contribution in [2.24, 2.45) is 0 Å². The molecule has 1 aromatic heterocycles. The van der Waals surface area contributed by atoms with Gasteiger partial charge in [-0.15, -0.1) is 0 Å². The normalized spacial score (nSPS) is 16.9. The van der Waals surface area contributed by atoms with Gasteiger partial charge in [-0.2, -0.15) is 0 Å². The highest BCUT2D eigenvalue weighted by atomic mass is 35.5. The lowest BCUT2D eigenvalue weighted by Gasteiger charge is -2.33. The van der Waals surface area contributed by atoms with Gasteiger partial charge in [-0.05, 0) is 24.5 Å². The van der Waals surface area contributed by atoms with Crippen molar-refractivity contribution < 1.29 is 14.9 Å². The first-order valence-corrected chi connectivity index (χ1v) is 6.85. The monoisotopic (exact) mass is 286 g/mol. The van der Waals surface area contributed by atoms with E-state index in [1.165, 1.54) is 0 Å². The van der Waals surface area contributed by atoms with Gasteiger partial charge in [0.15, 0.2) is 0 Å². The summed E-state index contributed by atoms with van der Waals surface area (Å²) >= 11 is 6.18. The number of hydrogen-bond donors (Lipinski definition) is 2. The van der Waals surface area contributed by atoms with Gasteiger partial charge < -0.3 is 19.8 Å². The minimum absolute atomic E-state index is 0.0515. The molecule has 0 radical (unpaired) electrons. The molecule has 1 aliphatic heterocycles. The number of anilines is 1. The van der Waals surface area contributed by atoms with E-state index in [2.05, 4.69) is 9.88 Å². The molecule has 2 rings (SSSR count). The van der Waals surface area contributed by atoms with E-state index in [1.54, 1.807) is 12.3 Å². The van der Waals surface area contributed by atoms with Crippen LogP contribution in [0.5, 0.6) is 0 Å². The maximum atomic E-state index is 9.03. The molecule has 2 N–H and O–H groups in total. The van der Waals surface area contributed by atoms with Crippen LogP contribution in [0.25, 0.3) is 0 Å².